The van der Waals surface area contributed by atoms with Crippen molar-refractivity contribution in [3.8, 4) is 17.3 Å². The fourth-order valence-electron chi connectivity index (χ4n) is 2.88. The van der Waals surface area contributed by atoms with Gasteiger partial charge in [-0.15, -0.1) is 0 Å². The van der Waals surface area contributed by atoms with E-state index < -0.39 is 0 Å². The Balaban J connectivity index is 1.91. The zero-order chi connectivity index (χ0) is 17.2. The van der Waals surface area contributed by atoms with Gasteiger partial charge in [0, 0.05) is 20.7 Å². The van der Waals surface area contributed by atoms with Crippen molar-refractivity contribution in [2.24, 2.45) is 0 Å². The molecule has 4 rings (SSSR count). The minimum absolute atomic E-state index is 0.678. The van der Waals surface area contributed by atoms with Crippen molar-refractivity contribution in [1.29, 1.82) is 5.26 Å². The molecule has 3 heteroatoms. The monoisotopic (exact) mass is 340 g/mol. The van der Waals surface area contributed by atoms with Crippen molar-refractivity contribution in [3.63, 3.8) is 0 Å². The average molecular weight is 340 g/mol. The largest absolute Gasteiger partial charge is 0.354 e. The summed E-state index contributed by atoms with van der Waals surface area (Å²) in [6, 6.07) is 26.9. The van der Waals surface area contributed by atoms with E-state index in [1.807, 2.05) is 36.4 Å². The van der Waals surface area contributed by atoms with Crippen LogP contribution in [0.25, 0.3) is 22.2 Å². The standard InChI is InChI=1S/C22H16N2S/c1-15-7-10-18(11-8-15)25-22-19-13-16(14-23)9-12-20(19)24-21(22)17-5-3-2-4-6-17/h2-13,24H,1H3. The van der Waals surface area contributed by atoms with Gasteiger partial charge in [0.1, 0.15) is 0 Å². The number of H-pyrrole nitrogens is 1. The lowest BCUT2D eigenvalue weighted by Crippen LogP contribution is -1.81. The van der Waals surface area contributed by atoms with Gasteiger partial charge in [0.05, 0.1) is 17.3 Å². The lowest BCUT2D eigenvalue weighted by atomic mass is 10.1. The van der Waals surface area contributed by atoms with E-state index in [1.165, 1.54) is 10.5 Å². The predicted molar refractivity (Wildman–Crippen MR) is 104 cm³/mol. The lowest BCUT2D eigenvalue weighted by molar-refractivity contribution is 1.36. The molecule has 0 bridgehead atoms. The number of fused-ring (bicyclic) bond motifs is 1. The third kappa shape index (κ3) is 3.05. The van der Waals surface area contributed by atoms with Gasteiger partial charge in [-0.25, -0.2) is 0 Å². The summed E-state index contributed by atoms with van der Waals surface area (Å²) >= 11 is 1.73. The molecular formula is C22H16N2S. The zero-order valence-corrected chi connectivity index (χ0v) is 14.6. The molecule has 0 fully saturated rings. The fourth-order valence-corrected chi connectivity index (χ4v) is 3.93. The first kappa shape index (κ1) is 15.6. The van der Waals surface area contributed by atoms with Gasteiger partial charge in [-0.2, -0.15) is 5.26 Å². The number of aryl methyl sites for hydroxylation is 1. The highest BCUT2D eigenvalue weighted by molar-refractivity contribution is 7.99. The molecule has 0 amide bonds. The van der Waals surface area contributed by atoms with E-state index in [2.05, 4.69) is 54.4 Å². The Hall–Kier alpha value is -2.96. The van der Waals surface area contributed by atoms with E-state index in [9.17, 15) is 5.26 Å². The molecule has 0 saturated heterocycles. The highest BCUT2D eigenvalue weighted by atomic mass is 32.2. The van der Waals surface area contributed by atoms with Crippen LogP contribution in [0.15, 0.2) is 82.6 Å². The highest BCUT2D eigenvalue weighted by Gasteiger charge is 2.15. The molecule has 3 aromatic carbocycles. The second-order valence-electron chi connectivity index (χ2n) is 5.98. The maximum atomic E-state index is 9.27. The van der Waals surface area contributed by atoms with Gasteiger partial charge in [0.15, 0.2) is 0 Å². The van der Waals surface area contributed by atoms with Gasteiger partial charge in [-0.05, 0) is 42.8 Å². The molecule has 0 radical (unpaired) electrons. The van der Waals surface area contributed by atoms with E-state index in [0.29, 0.717) is 5.56 Å². The van der Waals surface area contributed by atoms with Crippen LogP contribution in [0.5, 0.6) is 0 Å². The van der Waals surface area contributed by atoms with Gasteiger partial charge in [0.2, 0.25) is 0 Å². The quantitative estimate of drug-likeness (QED) is 0.484. The van der Waals surface area contributed by atoms with Gasteiger partial charge in [0.25, 0.3) is 0 Å². The number of rotatable bonds is 3. The van der Waals surface area contributed by atoms with Crippen LogP contribution in [0, 0.1) is 18.3 Å². The Morgan fingerprint density at radius 3 is 2.40 bits per heavy atom. The summed E-state index contributed by atoms with van der Waals surface area (Å²) in [6.45, 7) is 2.09. The van der Waals surface area contributed by atoms with Crippen molar-refractivity contribution in [2.75, 3.05) is 0 Å². The fraction of sp³-hybridized carbons (Fsp3) is 0.0455. The summed E-state index contributed by atoms with van der Waals surface area (Å²) in [7, 11) is 0. The van der Waals surface area contributed by atoms with Crippen molar-refractivity contribution >= 4 is 22.7 Å². The van der Waals surface area contributed by atoms with Crippen LogP contribution < -0.4 is 0 Å². The molecule has 0 spiro atoms. The van der Waals surface area contributed by atoms with Gasteiger partial charge in [-0.3, -0.25) is 0 Å². The molecule has 1 aromatic heterocycles. The number of aromatic nitrogens is 1. The predicted octanol–water partition coefficient (Wildman–Crippen LogP) is 6.17. The van der Waals surface area contributed by atoms with Gasteiger partial charge in [-0.1, -0.05) is 59.8 Å². The first-order chi connectivity index (χ1) is 12.2. The average Bonchev–Trinajstić information content (AvgIpc) is 3.02. The topological polar surface area (TPSA) is 39.6 Å². The van der Waals surface area contributed by atoms with Gasteiger partial charge >= 0.3 is 0 Å². The van der Waals surface area contributed by atoms with Crippen molar-refractivity contribution in [1.82, 2.24) is 4.98 Å². The number of hydrogen-bond donors (Lipinski definition) is 1. The molecule has 2 nitrogen and oxygen atoms in total. The number of nitriles is 1. The molecule has 0 aliphatic rings. The molecule has 0 aliphatic heterocycles. The second-order valence-corrected chi connectivity index (χ2v) is 7.07. The second kappa shape index (κ2) is 6.51. The van der Waals surface area contributed by atoms with Crippen LogP contribution in [0.4, 0.5) is 0 Å². The zero-order valence-electron chi connectivity index (χ0n) is 13.8. The highest BCUT2D eigenvalue weighted by Crippen LogP contribution is 2.41. The van der Waals surface area contributed by atoms with Gasteiger partial charge < -0.3 is 4.98 Å². The van der Waals surface area contributed by atoms with E-state index in [0.717, 1.165) is 27.1 Å². The molecular weight excluding hydrogens is 324 g/mol. The van der Waals surface area contributed by atoms with Crippen molar-refractivity contribution < 1.29 is 0 Å². The van der Waals surface area contributed by atoms with E-state index in [-0.39, 0.29) is 0 Å². The minimum atomic E-state index is 0.678. The molecule has 25 heavy (non-hydrogen) atoms. The molecule has 4 aromatic rings. The summed E-state index contributed by atoms with van der Waals surface area (Å²) in [4.78, 5) is 5.87. The third-order valence-corrected chi connectivity index (χ3v) is 5.32. The SMILES string of the molecule is Cc1ccc(Sc2c(-c3ccccc3)[nH]c3ccc(C#N)cc23)cc1. The Bertz CT molecular complexity index is 1070. The number of nitrogens with zero attached hydrogens (tertiary/aromatic N) is 1. The Morgan fingerprint density at radius 1 is 0.920 bits per heavy atom. The Kier molecular flexibility index (Phi) is 4.05. The molecule has 0 saturated carbocycles. The molecule has 120 valence electrons. The van der Waals surface area contributed by atoms with Crippen molar-refractivity contribution in [3.05, 3.63) is 83.9 Å². The van der Waals surface area contributed by atoms with Crippen LogP contribution in [-0.4, -0.2) is 4.98 Å². The maximum absolute atomic E-state index is 9.27. The molecule has 0 aliphatic carbocycles. The van der Waals surface area contributed by atoms with Crippen LogP contribution in [-0.2, 0) is 0 Å². The minimum Gasteiger partial charge on any atom is -0.354 e. The number of aromatic amines is 1. The normalized spacial score (nSPS) is 10.7. The molecule has 0 unspecified atom stereocenters. The van der Waals surface area contributed by atoms with Crippen LogP contribution in [0.2, 0.25) is 0 Å². The summed E-state index contributed by atoms with van der Waals surface area (Å²) in [6.07, 6.45) is 0. The third-order valence-electron chi connectivity index (χ3n) is 4.18. The van der Waals surface area contributed by atoms with E-state index in [1.54, 1.807) is 11.8 Å². The lowest BCUT2D eigenvalue weighted by Gasteiger charge is -2.06. The van der Waals surface area contributed by atoms with Crippen LogP contribution in [0.1, 0.15) is 11.1 Å². The first-order valence-corrected chi connectivity index (χ1v) is 8.92. The smallest absolute Gasteiger partial charge is 0.0991 e. The summed E-state index contributed by atoms with van der Waals surface area (Å²) in [5.41, 5.74) is 5.21. The Morgan fingerprint density at radius 2 is 1.68 bits per heavy atom. The number of hydrogen-bond acceptors (Lipinski definition) is 2. The number of nitrogens with one attached hydrogen (secondary N) is 1. The van der Waals surface area contributed by atoms with Crippen molar-refractivity contribution in [2.45, 2.75) is 16.7 Å². The summed E-state index contributed by atoms with van der Waals surface area (Å²) in [5, 5.41) is 10.4. The first-order valence-electron chi connectivity index (χ1n) is 8.10. The summed E-state index contributed by atoms with van der Waals surface area (Å²) < 4.78 is 0. The molecule has 1 N–H and O–H groups in total. The molecule has 0 atom stereocenters. The molecule has 1 heterocycles. The number of benzene rings is 3. The van der Waals surface area contributed by atoms with E-state index >= 15 is 0 Å². The maximum Gasteiger partial charge on any atom is 0.0991 e. The van der Waals surface area contributed by atoms with Crippen LogP contribution in [0.3, 0.4) is 0 Å². The van der Waals surface area contributed by atoms with Crippen LogP contribution >= 0.6 is 11.8 Å². The summed E-state index contributed by atoms with van der Waals surface area (Å²) in [5.74, 6) is 0. The van der Waals surface area contributed by atoms with E-state index in [4.69, 9.17) is 0 Å². The Labute approximate surface area is 151 Å².